The third kappa shape index (κ3) is 6.56. The van der Waals surface area contributed by atoms with E-state index in [-0.39, 0.29) is 17.6 Å². The largest absolute Gasteiger partial charge is 0.369 e. The number of carbonyl (C=O) groups excluding carboxylic acids is 1. The van der Waals surface area contributed by atoms with Gasteiger partial charge in [0, 0.05) is 64.1 Å². The summed E-state index contributed by atoms with van der Waals surface area (Å²) in [5, 5.41) is 2.94. The number of amides is 1. The van der Waals surface area contributed by atoms with Crippen LogP contribution in [0.2, 0.25) is 0 Å². The second-order valence-electron chi connectivity index (χ2n) is 9.32. The molecule has 2 aliphatic heterocycles. The summed E-state index contributed by atoms with van der Waals surface area (Å²) in [5.41, 5.74) is 2.25. The van der Waals surface area contributed by atoms with Crippen LogP contribution in [0.25, 0.3) is 0 Å². The van der Waals surface area contributed by atoms with Crippen LogP contribution in [-0.4, -0.2) is 80.0 Å². The number of allylic oxidation sites excluding steroid dienone is 3. The molecule has 3 rings (SSSR count). The van der Waals surface area contributed by atoms with Crippen molar-refractivity contribution in [1.29, 1.82) is 0 Å². The first-order valence-corrected chi connectivity index (χ1v) is 13.0. The Bertz CT molecular complexity index is 759. The van der Waals surface area contributed by atoms with Gasteiger partial charge in [0.05, 0.1) is 5.75 Å². The van der Waals surface area contributed by atoms with Crippen LogP contribution in [0.3, 0.4) is 0 Å². The Kier molecular flexibility index (Phi) is 7.98. The Labute approximate surface area is 182 Å². The standard InChI is InChI=1S/C22H38N4O3S/c1-18(2)17-30(28,29)26-9-7-20(8-10-26)16-24-11-13-25(14-12-24)22-6-4-5-21(15-22)23-19(3)27/h6,15,18,20H,4-5,7-14,16-17H2,1-3H3,(H,23,27). The highest BCUT2D eigenvalue weighted by Gasteiger charge is 2.30. The summed E-state index contributed by atoms with van der Waals surface area (Å²) in [4.78, 5) is 16.3. The molecular weight excluding hydrogens is 400 g/mol. The zero-order valence-corrected chi connectivity index (χ0v) is 19.6. The van der Waals surface area contributed by atoms with Gasteiger partial charge in [-0.3, -0.25) is 9.69 Å². The van der Waals surface area contributed by atoms with E-state index >= 15 is 0 Å². The molecule has 3 aliphatic rings. The average Bonchev–Trinajstić information content (AvgIpc) is 2.68. The molecule has 8 heteroatoms. The lowest BCUT2D eigenvalue weighted by Gasteiger charge is -2.40. The second-order valence-corrected chi connectivity index (χ2v) is 11.3. The van der Waals surface area contributed by atoms with E-state index in [1.165, 1.54) is 5.70 Å². The normalized spacial score (nSPS) is 22.7. The highest BCUT2D eigenvalue weighted by atomic mass is 32.2. The van der Waals surface area contributed by atoms with E-state index in [9.17, 15) is 13.2 Å². The molecule has 2 fully saturated rings. The van der Waals surface area contributed by atoms with Crippen molar-refractivity contribution >= 4 is 15.9 Å². The van der Waals surface area contributed by atoms with Gasteiger partial charge in [0.2, 0.25) is 15.9 Å². The van der Waals surface area contributed by atoms with Crippen molar-refractivity contribution < 1.29 is 13.2 Å². The SMILES string of the molecule is CC(=O)NC1=CC(N2CCN(CC3CCN(S(=O)(=O)CC(C)C)CC3)CC2)=CCC1. The van der Waals surface area contributed by atoms with Crippen LogP contribution < -0.4 is 5.32 Å². The van der Waals surface area contributed by atoms with E-state index < -0.39 is 10.0 Å². The van der Waals surface area contributed by atoms with Gasteiger partial charge >= 0.3 is 0 Å². The number of carbonyl (C=O) groups is 1. The molecule has 1 aliphatic carbocycles. The number of nitrogens with one attached hydrogen (secondary N) is 1. The van der Waals surface area contributed by atoms with Crippen LogP contribution >= 0.6 is 0 Å². The molecule has 0 aromatic carbocycles. The van der Waals surface area contributed by atoms with Gasteiger partial charge in [-0.05, 0) is 43.6 Å². The van der Waals surface area contributed by atoms with Crippen LogP contribution in [0.1, 0.15) is 46.5 Å². The smallest absolute Gasteiger partial charge is 0.220 e. The summed E-state index contributed by atoms with van der Waals surface area (Å²) in [6.07, 6.45) is 8.19. The fraction of sp³-hybridized carbons (Fsp3) is 0.773. The fourth-order valence-corrected chi connectivity index (χ4v) is 6.50. The lowest BCUT2D eigenvalue weighted by Crippen LogP contribution is -2.49. The molecule has 0 aromatic rings. The molecule has 170 valence electrons. The van der Waals surface area contributed by atoms with Gasteiger partial charge in [-0.2, -0.15) is 0 Å². The molecule has 0 atom stereocenters. The Morgan fingerprint density at radius 1 is 1.13 bits per heavy atom. The minimum absolute atomic E-state index is 0.00428. The van der Waals surface area contributed by atoms with Crippen molar-refractivity contribution in [2.45, 2.75) is 46.5 Å². The van der Waals surface area contributed by atoms with E-state index in [1.54, 1.807) is 11.2 Å². The maximum absolute atomic E-state index is 12.4. The molecule has 0 radical (unpaired) electrons. The number of piperazine rings is 1. The van der Waals surface area contributed by atoms with Crippen molar-refractivity contribution in [3.8, 4) is 0 Å². The van der Waals surface area contributed by atoms with Gasteiger partial charge in [-0.15, -0.1) is 0 Å². The molecule has 2 heterocycles. The summed E-state index contributed by atoms with van der Waals surface area (Å²) in [5.74, 6) is 1.01. The average molecular weight is 439 g/mol. The number of hydrogen-bond donors (Lipinski definition) is 1. The summed E-state index contributed by atoms with van der Waals surface area (Å²) >= 11 is 0. The Balaban J connectivity index is 1.42. The Morgan fingerprint density at radius 2 is 1.80 bits per heavy atom. The molecule has 0 saturated carbocycles. The van der Waals surface area contributed by atoms with E-state index in [1.807, 2.05) is 13.8 Å². The molecule has 0 bridgehead atoms. The number of nitrogens with zero attached hydrogens (tertiary/aromatic N) is 3. The van der Waals surface area contributed by atoms with Crippen molar-refractivity contribution in [3.63, 3.8) is 0 Å². The molecular formula is C22H38N4O3S. The number of rotatable bonds is 7. The zero-order valence-electron chi connectivity index (χ0n) is 18.8. The van der Waals surface area contributed by atoms with Gasteiger partial charge in [-0.25, -0.2) is 12.7 Å². The highest BCUT2D eigenvalue weighted by Crippen LogP contribution is 2.24. The first-order valence-electron chi connectivity index (χ1n) is 11.4. The maximum Gasteiger partial charge on any atom is 0.220 e. The summed E-state index contributed by atoms with van der Waals surface area (Å²) < 4.78 is 26.6. The maximum atomic E-state index is 12.4. The van der Waals surface area contributed by atoms with Crippen molar-refractivity contribution in [3.05, 3.63) is 23.5 Å². The Morgan fingerprint density at radius 3 is 2.40 bits per heavy atom. The first kappa shape index (κ1) is 23.3. The van der Waals surface area contributed by atoms with Crippen LogP contribution in [0.5, 0.6) is 0 Å². The van der Waals surface area contributed by atoms with Crippen molar-refractivity contribution in [2.75, 3.05) is 51.6 Å². The van der Waals surface area contributed by atoms with E-state index in [0.29, 0.717) is 19.0 Å². The summed E-state index contributed by atoms with van der Waals surface area (Å²) in [7, 11) is -3.10. The van der Waals surface area contributed by atoms with Gasteiger partial charge in [0.15, 0.2) is 0 Å². The quantitative estimate of drug-likeness (QED) is 0.658. The predicted molar refractivity (Wildman–Crippen MR) is 120 cm³/mol. The van der Waals surface area contributed by atoms with Crippen molar-refractivity contribution in [1.82, 2.24) is 19.4 Å². The number of hydrogen-bond acceptors (Lipinski definition) is 5. The third-order valence-corrected chi connectivity index (χ3v) is 8.43. The minimum Gasteiger partial charge on any atom is -0.369 e. The molecule has 7 nitrogen and oxygen atoms in total. The van der Waals surface area contributed by atoms with Gasteiger partial charge < -0.3 is 10.2 Å². The predicted octanol–water partition coefficient (Wildman–Crippen LogP) is 2.00. The molecule has 2 saturated heterocycles. The molecule has 0 aromatic heterocycles. The number of piperidine rings is 1. The molecule has 0 unspecified atom stereocenters. The topological polar surface area (TPSA) is 73.0 Å². The fourth-order valence-electron chi connectivity index (χ4n) is 4.68. The van der Waals surface area contributed by atoms with Gasteiger partial charge in [0.25, 0.3) is 0 Å². The van der Waals surface area contributed by atoms with Crippen LogP contribution in [0, 0.1) is 11.8 Å². The van der Waals surface area contributed by atoms with Crippen LogP contribution in [-0.2, 0) is 14.8 Å². The first-order chi connectivity index (χ1) is 14.2. The van der Waals surface area contributed by atoms with E-state index in [2.05, 4.69) is 27.3 Å². The monoisotopic (exact) mass is 438 g/mol. The Hall–Kier alpha value is -1.38. The lowest BCUT2D eigenvalue weighted by molar-refractivity contribution is -0.118. The third-order valence-electron chi connectivity index (χ3n) is 6.19. The molecule has 0 spiro atoms. The van der Waals surface area contributed by atoms with Gasteiger partial charge in [-0.1, -0.05) is 19.9 Å². The van der Waals surface area contributed by atoms with E-state index in [4.69, 9.17) is 0 Å². The highest BCUT2D eigenvalue weighted by molar-refractivity contribution is 7.89. The van der Waals surface area contributed by atoms with Gasteiger partial charge in [0.1, 0.15) is 0 Å². The lowest BCUT2D eigenvalue weighted by atomic mass is 9.97. The van der Waals surface area contributed by atoms with Crippen molar-refractivity contribution in [2.24, 2.45) is 11.8 Å². The molecule has 30 heavy (non-hydrogen) atoms. The molecule has 1 amide bonds. The van der Waals surface area contributed by atoms with Crippen LogP contribution in [0.4, 0.5) is 0 Å². The van der Waals surface area contributed by atoms with E-state index in [0.717, 1.165) is 64.1 Å². The zero-order chi connectivity index (χ0) is 21.7. The van der Waals surface area contributed by atoms with Crippen LogP contribution in [0.15, 0.2) is 23.5 Å². The summed E-state index contributed by atoms with van der Waals surface area (Å²) in [6.45, 7) is 12.0. The molecule has 1 N–H and O–H groups in total. The number of sulfonamides is 1. The summed E-state index contributed by atoms with van der Waals surface area (Å²) in [6, 6.07) is 0. The second kappa shape index (κ2) is 10.3. The minimum atomic E-state index is -3.10.